The van der Waals surface area contributed by atoms with E-state index in [9.17, 15) is 5.11 Å². The second-order valence-corrected chi connectivity index (χ2v) is 5.28. The molecule has 0 saturated carbocycles. The van der Waals surface area contributed by atoms with Gasteiger partial charge in [-0.15, -0.1) is 0 Å². The van der Waals surface area contributed by atoms with Crippen molar-refractivity contribution < 1.29 is 19.3 Å². The van der Waals surface area contributed by atoms with E-state index in [1.807, 2.05) is 19.1 Å². The summed E-state index contributed by atoms with van der Waals surface area (Å²) in [6.45, 7) is 9.94. The number of rotatable bonds is 11. The minimum Gasteiger partial charge on any atom is -0.490 e. The number of benzene rings is 1. The first-order valence-electron chi connectivity index (χ1n) is 8.42. The summed E-state index contributed by atoms with van der Waals surface area (Å²) in [7, 11) is 0. The lowest BCUT2D eigenvalue weighted by molar-refractivity contribution is 0.163. The van der Waals surface area contributed by atoms with Gasteiger partial charge in [-0.25, -0.2) is 0 Å². The number of hydrogen-bond donors (Lipinski definition) is 1. The largest absolute Gasteiger partial charge is 0.490 e. The molecule has 4 heteroatoms. The smallest absolute Gasteiger partial charge is 0.203 e. The molecule has 0 aliphatic carbocycles. The monoisotopic (exact) mass is 310 g/mol. The normalized spacial score (nSPS) is 12.0. The van der Waals surface area contributed by atoms with E-state index in [0.29, 0.717) is 43.5 Å². The third-order valence-electron chi connectivity index (χ3n) is 3.21. The third kappa shape index (κ3) is 5.09. The summed E-state index contributed by atoms with van der Waals surface area (Å²) < 4.78 is 17.6. The molecule has 0 aliphatic heterocycles. The van der Waals surface area contributed by atoms with E-state index in [-0.39, 0.29) is 0 Å². The van der Waals surface area contributed by atoms with Crippen LogP contribution in [0.1, 0.15) is 65.0 Å². The minimum absolute atomic E-state index is 0.559. The summed E-state index contributed by atoms with van der Waals surface area (Å²) in [5.41, 5.74) is 0.769. The van der Waals surface area contributed by atoms with E-state index in [0.717, 1.165) is 24.8 Å². The van der Waals surface area contributed by atoms with Crippen molar-refractivity contribution in [2.24, 2.45) is 0 Å². The van der Waals surface area contributed by atoms with Gasteiger partial charge in [0.1, 0.15) is 0 Å². The minimum atomic E-state index is -0.559. The molecule has 0 spiro atoms. The van der Waals surface area contributed by atoms with Crippen LogP contribution in [0.15, 0.2) is 12.1 Å². The Balaban J connectivity index is 3.23. The number of hydrogen-bond acceptors (Lipinski definition) is 4. The van der Waals surface area contributed by atoms with Gasteiger partial charge in [0.2, 0.25) is 5.75 Å². The maximum absolute atomic E-state index is 10.2. The molecule has 0 bridgehead atoms. The first-order valence-corrected chi connectivity index (χ1v) is 8.42. The van der Waals surface area contributed by atoms with Crippen molar-refractivity contribution >= 4 is 0 Å². The Morgan fingerprint density at radius 2 is 1.36 bits per heavy atom. The van der Waals surface area contributed by atoms with Gasteiger partial charge in [-0.05, 0) is 37.8 Å². The van der Waals surface area contributed by atoms with Gasteiger partial charge in [0.25, 0.3) is 0 Å². The van der Waals surface area contributed by atoms with Crippen LogP contribution in [0.2, 0.25) is 0 Å². The van der Waals surface area contributed by atoms with Gasteiger partial charge in [-0.3, -0.25) is 0 Å². The number of ether oxygens (including phenoxy) is 3. The Morgan fingerprint density at radius 1 is 0.818 bits per heavy atom. The molecule has 1 aromatic carbocycles. The Morgan fingerprint density at radius 3 is 1.91 bits per heavy atom. The predicted molar refractivity (Wildman–Crippen MR) is 89.1 cm³/mol. The molecule has 0 heterocycles. The van der Waals surface area contributed by atoms with Crippen molar-refractivity contribution in [2.45, 2.75) is 59.5 Å². The maximum atomic E-state index is 10.2. The maximum Gasteiger partial charge on any atom is 0.203 e. The fourth-order valence-corrected chi connectivity index (χ4v) is 2.06. The predicted octanol–water partition coefficient (Wildman–Crippen LogP) is 4.50. The third-order valence-corrected chi connectivity index (χ3v) is 3.21. The molecule has 0 amide bonds. The van der Waals surface area contributed by atoms with Gasteiger partial charge in [-0.2, -0.15) is 0 Å². The fourth-order valence-electron chi connectivity index (χ4n) is 2.06. The Hall–Kier alpha value is -1.42. The highest BCUT2D eigenvalue weighted by Crippen LogP contribution is 2.43. The average molecular weight is 310 g/mol. The van der Waals surface area contributed by atoms with E-state index in [1.165, 1.54) is 0 Å². The number of aliphatic hydroxyl groups is 1. The molecular weight excluding hydrogens is 280 g/mol. The first-order chi connectivity index (χ1) is 10.7. The van der Waals surface area contributed by atoms with Gasteiger partial charge < -0.3 is 19.3 Å². The van der Waals surface area contributed by atoms with Crippen LogP contribution in [0, 0.1) is 0 Å². The highest BCUT2D eigenvalue weighted by molar-refractivity contribution is 5.56. The molecule has 1 aromatic rings. The summed E-state index contributed by atoms with van der Waals surface area (Å²) in [6, 6.07) is 3.75. The standard InChI is InChI=1S/C18H30O4/c1-5-11-20-16-10-9-14(15(19)8-4)17(21-12-6-2)18(16)22-13-7-3/h9-10,15,19H,5-8,11-13H2,1-4H3. The lowest BCUT2D eigenvalue weighted by Crippen LogP contribution is -2.08. The summed E-state index contributed by atoms with van der Waals surface area (Å²) in [5, 5.41) is 10.2. The molecule has 1 rings (SSSR count). The van der Waals surface area contributed by atoms with Crippen molar-refractivity contribution in [2.75, 3.05) is 19.8 Å². The summed E-state index contributed by atoms with van der Waals surface area (Å²) in [5.74, 6) is 1.93. The van der Waals surface area contributed by atoms with Crippen molar-refractivity contribution in [3.05, 3.63) is 17.7 Å². The summed E-state index contributed by atoms with van der Waals surface area (Å²) >= 11 is 0. The van der Waals surface area contributed by atoms with Crippen molar-refractivity contribution in [3.8, 4) is 17.2 Å². The van der Waals surface area contributed by atoms with E-state index < -0.39 is 6.10 Å². The Kier molecular flexibility index (Phi) is 8.75. The summed E-state index contributed by atoms with van der Waals surface area (Å²) in [6.07, 6.45) is 2.80. The zero-order valence-corrected chi connectivity index (χ0v) is 14.4. The number of aliphatic hydroxyl groups excluding tert-OH is 1. The highest BCUT2D eigenvalue weighted by Gasteiger charge is 2.21. The molecule has 1 atom stereocenters. The van der Waals surface area contributed by atoms with Crippen molar-refractivity contribution in [1.82, 2.24) is 0 Å². The first kappa shape index (κ1) is 18.6. The lowest BCUT2D eigenvalue weighted by Gasteiger charge is -2.21. The van der Waals surface area contributed by atoms with Gasteiger partial charge >= 0.3 is 0 Å². The van der Waals surface area contributed by atoms with Crippen LogP contribution in [0.5, 0.6) is 17.2 Å². The zero-order chi connectivity index (χ0) is 16.4. The van der Waals surface area contributed by atoms with Gasteiger partial charge in [-0.1, -0.05) is 27.7 Å². The average Bonchev–Trinajstić information content (AvgIpc) is 2.55. The fraction of sp³-hybridized carbons (Fsp3) is 0.667. The second-order valence-electron chi connectivity index (χ2n) is 5.28. The Bertz CT molecular complexity index is 431. The second kappa shape index (κ2) is 10.3. The van der Waals surface area contributed by atoms with Crippen LogP contribution in [-0.2, 0) is 0 Å². The van der Waals surface area contributed by atoms with Gasteiger partial charge in [0, 0.05) is 5.56 Å². The molecule has 0 fully saturated rings. The SMILES string of the molecule is CCCOc1ccc(C(O)CC)c(OCCC)c1OCCC. The topological polar surface area (TPSA) is 47.9 Å². The molecule has 1 unspecified atom stereocenters. The van der Waals surface area contributed by atoms with E-state index >= 15 is 0 Å². The molecule has 126 valence electrons. The highest BCUT2D eigenvalue weighted by atomic mass is 16.5. The van der Waals surface area contributed by atoms with Crippen LogP contribution in [0.25, 0.3) is 0 Å². The molecule has 0 aliphatic rings. The van der Waals surface area contributed by atoms with Crippen molar-refractivity contribution in [3.63, 3.8) is 0 Å². The molecular formula is C18H30O4. The quantitative estimate of drug-likeness (QED) is 0.654. The zero-order valence-electron chi connectivity index (χ0n) is 14.4. The van der Waals surface area contributed by atoms with Crippen LogP contribution in [-0.4, -0.2) is 24.9 Å². The molecule has 0 aromatic heterocycles. The summed E-state index contributed by atoms with van der Waals surface area (Å²) in [4.78, 5) is 0. The van der Waals surface area contributed by atoms with Gasteiger partial charge in [0.05, 0.1) is 25.9 Å². The van der Waals surface area contributed by atoms with Crippen LogP contribution < -0.4 is 14.2 Å². The van der Waals surface area contributed by atoms with E-state index in [4.69, 9.17) is 14.2 Å². The molecule has 0 radical (unpaired) electrons. The molecule has 22 heavy (non-hydrogen) atoms. The molecule has 4 nitrogen and oxygen atoms in total. The van der Waals surface area contributed by atoms with E-state index in [2.05, 4.69) is 20.8 Å². The van der Waals surface area contributed by atoms with Crippen LogP contribution in [0.3, 0.4) is 0 Å². The van der Waals surface area contributed by atoms with E-state index in [1.54, 1.807) is 0 Å². The van der Waals surface area contributed by atoms with Crippen LogP contribution >= 0.6 is 0 Å². The molecule has 0 saturated heterocycles. The van der Waals surface area contributed by atoms with Crippen LogP contribution in [0.4, 0.5) is 0 Å². The van der Waals surface area contributed by atoms with Crippen molar-refractivity contribution in [1.29, 1.82) is 0 Å². The Labute approximate surface area is 134 Å². The lowest BCUT2D eigenvalue weighted by atomic mass is 10.0. The van der Waals surface area contributed by atoms with Gasteiger partial charge in [0.15, 0.2) is 11.5 Å². The molecule has 1 N–H and O–H groups in total.